The number of esters is 1. The smallest absolute Gasteiger partial charge is 0.343 e. The van der Waals surface area contributed by atoms with Crippen molar-refractivity contribution in [2.24, 2.45) is 0 Å². The maximum absolute atomic E-state index is 12.8. The van der Waals surface area contributed by atoms with Crippen LogP contribution in [0.15, 0.2) is 24.3 Å². The zero-order valence-corrected chi connectivity index (χ0v) is 16.5. The molecule has 1 aromatic carbocycles. The normalized spacial score (nSPS) is 35.1. The second-order valence-corrected chi connectivity index (χ2v) is 8.09. The summed E-state index contributed by atoms with van der Waals surface area (Å²) in [6, 6.07) is 6.32. The Balaban J connectivity index is 1.54. The lowest BCUT2D eigenvalue weighted by Crippen LogP contribution is -2.58. The Bertz CT molecular complexity index is 784. The molecule has 0 unspecified atom stereocenters. The van der Waals surface area contributed by atoms with E-state index >= 15 is 0 Å². The van der Waals surface area contributed by atoms with E-state index in [1.54, 1.807) is 52.0 Å². The minimum Gasteiger partial charge on any atom is -0.425 e. The molecule has 0 radical (unpaired) electrons. The van der Waals surface area contributed by atoms with E-state index in [9.17, 15) is 9.59 Å². The average molecular weight is 392 g/mol. The standard InChI is InChI=1S/C20H24O8/c1-10(21)11-6-8-12(9-7-11)23-17(22)15-13-14(26-19(2,3)25-13)16-18(24-15)28-20(4,5)27-16/h6-9,13-16,18H,1-5H3/t13-,14+,15-,16-,18-/m1/s1. The fraction of sp³-hybridized carbons (Fsp3) is 0.600. The summed E-state index contributed by atoms with van der Waals surface area (Å²) in [7, 11) is 0. The van der Waals surface area contributed by atoms with Crippen LogP contribution in [0.5, 0.6) is 5.75 Å². The second-order valence-electron chi connectivity index (χ2n) is 8.09. The second kappa shape index (κ2) is 6.60. The minimum atomic E-state index is -1.04. The van der Waals surface area contributed by atoms with Gasteiger partial charge < -0.3 is 28.4 Å². The maximum Gasteiger partial charge on any atom is 0.343 e. The lowest BCUT2D eigenvalue weighted by atomic mass is 9.99. The van der Waals surface area contributed by atoms with E-state index in [0.29, 0.717) is 11.3 Å². The fourth-order valence-electron chi connectivity index (χ4n) is 3.73. The van der Waals surface area contributed by atoms with Crippen LogP contribution in [0.1, 0.15) is 45.0 Å². The molecule has 0 aromatic heterocycles. The number of carbonyl (C=O) groups excluding carboxylic acids is 2. The summed E-state index contributed by atoms with van der Waals surface area (Å²) in [5.74, 6) is -2.15. The third kappa shape index (κ3) is 3.58. The van der Waals surface area contributed by atoms with Gasteiger partial charge in [0.05, 0.1) is 0 Å². The average Bonchev–Trinajstić information content (AvgIpc) is 3.08. The summed E-state index contributed by atoms with van der Waals surface area (Å²) in [6.45, 7) is 8.55. The van der Waals surface area contributed by atoms with Crippen molar-refractivity contribution in [1.82, 2.24) is 0 Å². The van der Waals surface area contributed by atoms with Crippen molar-refractivity contribution >= 4 is 11.8 Å². The van der Waals surface area contributed by atoms with Gasteiger partial charge in [-0.15, -0.1) is 0 Å². The molecule has 152 valence electrons. The van der Waals surface area contributed by atoms with Crippen LogP contribution in [-0.2, 0) is 28.5 Å². The van der Waals surface area contributed by atoms with Crippen molar-refractivity contribution < 1.29 is 38.0 Å². The molecule has 5 atom stereocenters. The van der Waals surface area contributed by atoms with Crippen LogP contribution in [0, 0.1) is 0 Å². The summed E-state index contributed by atoms with van der Waals surface area (Å²) in [5, 5.41) is 0. The molecule has 0 amide bonds. The third-order valence-corrected chi connectivity index (χ3v) is 4.87. The topological polar surface area (TPSA) is 89.5 Å². The highest BCUT2D eigenvalue weighted by Gasteiger charge is 2.62. The summed E-state index contributed by atoms with van der Waals surface area (Å²) in [4.78, 5) is 24.2. The molecule has 0 saturated carbocycles. The van der Waals surface area contributed by atoms with Gasteiger partial charge in [0.1, 0.15) is 24.1 Å². The van der Waals surface area contributed by atoms with E-state index in [0.717, 1.165) is 0 Å². The van der Waals surface area contributed by atoms with Crippen molar-refractivity contribution in [3.05, 3.63) is 29.8 Å². The molecule has 0 spiro atoms. The molecule has 3 aliphatic rings. The van der Waals surface area contributed by atoms with Gasteiger partial charge >= 0.3 is 5.97 Å². The van der Waals surface area contributed by atoms with Crippen molar-refractivity contribution in [3.63, 3.8) is 0 Å². The van der Waals surface area contributed by atoms with Gasteiger partial charge in [-0.2, -0.15) is 0 Å². The van der Waals surface area contributed by atoms with Crippen LogP contribution in [0.2, 0.25) is 0 Å². The van der Waals surface area contributed by atoms with Gasteiger partial charge in [0.2, 0.25) is 0 Å². The molecule has 1 aromatic rings. The molecule has 3 saturated heterocycles. The largest absolute Gasteiger partial charge is 0.425 e. The lowest BCUT2D eigenvalue weighted by molar-refractivity contribution is -0.236. The first-order valence-corrected chi connectivity index (χ1v) is 9.24. The number of Topliss-reactive ketones (excluding diaryl/α,β-unsaturated/α-hetero) is 1. The highest BCUT2D eigenvalue weighted by molar-refractivity contribution is 5.94. The van der Waals surface area contributed by atoms with Gasteiger partial charge in [-0.1, -0.05) is 0 Å². The van der Waals surface area contributed by atoms with E-state index in [2.05, 4.69) is 0 Å². The first-order valence-electron chi connectivity index (χ1n) is 9.24. The SMILES string of the molecule is CC(=O)c1ccc(OC(=O)[C@@H]2O[C@@H]3OC(C)(C)O[C@@H]3[C@H]3OC(C)(C)O[C@H]32)cc1. The Labute approximate surface area is 163 Å². The zero-order valence-electron chi connectivity index (χ0n) is 16.5. The Morgan fingerprint density at radius 1 is 0.857 bits per heavy atom. The number of benzene rings is 1. The van der Waals surface area contributed by atoms with E-state index < -0.39 is 48.2 Å². The molecule has 0 N–H and O–H groups in total. The quantitative estimate of drug-likeness (QED) is 0.439. The van der Waals surface area contributed by atoms with Crippen LogP contribution in [-0.4, -0.2) is 54.0 Å². The lowest BCUT2D eigenvalue weighted by Gasteiger charge is -2.35. The van der Waals surface area contributed by atoms with E-state index in [-0.39, 0.29) is 5.78 Å². The zero-order chi connectivity index (χ0) is 20.3. The molecular formula is C20H24O8. The summed E-state index contributed by atoms with van der Waals surface area (Å²) in [6.07, 6.45) is -3.56. The Morgan fingerprint density at radius 2 is 1.43 bits per heavy atom. The molecular weight excluding hydrogens is 368 g/mol. The Kier molecular flexibility index (Phi) is 4.59. The van der Waals surface area contributed by atoms with Crippen LogP contribution in [0.3, 0.4) is 0 Å². The number of ether oxygens (including phenoxy) is 6. The van der Waals surface area contributed by atoms with E-state index in [1.807, 2.05) is 0 Å². The number of hydrogen-bond acceptors (Lipinski definition) is 8. The van der Waals surface area contributed by atoms with Crippen LogP contribution in [0.4, 0.5) is 0 Å². The third-order valence-electron chi connectivity index (χ3n) is 4.87. The van der Waals surface area contributed by atoms with Crippen LogP contribution in [0.25, 0.3) is 0 Å². The molecule has 8 heteroatoms. The Morgan fingerprint density at radius 3 is 2.07 bits per heavy atom. The predicted molar refractivity (Wildman–Crippen MR) is 94.6 cm³/mol. The van der Waals surface area contributed by atoms with Gasteiger partial charge in [-0.3, -0.25) is 4.79 Å². The van der Waals surface area contributed by atoms with Crippen molar-refractivity contribution in [2.75, 3.05) is 0 Å². The number of fused-ring (bicyclic) bond motifs is 3. The number of rotatable bonds is 3. The predicted octanol–water partition coefficient (Wildman–Crippen LogP) is 2.19. The fourth-order valence-corrected chi connectivity index (χ4v) is 3.73. The maximum atomic E-state index is 12.8. The highest BCUT2D eigenvalue weighted by Crippen LogP contribution is 2.44. The number of ketones is 1. The molecule has 3 fully saturated rings. The molecule has 8 nitrogen and oxygen atoms in total. The minimum absolute atomic E-state index is 0.0675. The van der Waals surface area contributed by atoms with Gasteiger partial charge in [0.25, 0.3) is 0 Å². The van der Waals surface area contributed by atoms with E-state index in [4.69, 9.17) is 28.4 Å². The molecule has 0 bridgehead atoms. The molecule has 0 aliphatic carbocycles. The Hall–Kier alpha value is -1.84. The molecule has 3 heterocycles. The van der Waals surface area contributed by atoms with Gasteiger partial charge in [-0.05, 0) is 58.9 Å². The monoisotopic (exact) mass is 392 g/mol. The summed E-state index contributed by atoms with van der Waals surface area (Å²) < 4.78 is 34.9. The van der Waals surface area contributed by atoms with Crippen molar-refractivity contribution in [2.45, 2.75) is 76.9 Å². The summed E-state index contributed by atoms with van der Waals surface area (Å²) in [5.41, 5.74) is 0.532. The number of hydrogen-bond donors (Lipinski definition) is 0. The molecule has 3 aliphatic heterocycles. The van der Waals surface area contributed by atoms with Crippen LogP contribution >= 0.6 is 0 Å². The first kappa shape index (κ1) is 19.5. The first-order chi connectivity index (χ1) is 13.0. The van der Waals surface area contributed by atoms with Crippen LogP contribution < -0.4 is 4.74 Å². The van der Waals surface area contributed by atoms with Gasteiger partial charge in [0.15, 0.2) is 29.8 Å². The molecule has 4 rings (SSSR count). The molecule has 28 heavy (non-hydrogen) atoms. The van der Waals surface area contributed by atoms with Crippen molar-refractivity contribution in [3.8, 4) is 5.75 Å². The van der Waals surface area contributed by atoms with E-state index in [1.165, 1.54) is 6.92 Å². The number of carbonyl (C=O) groups is 2. The summed E-state index contributed by atoms with van der Waals surface area (Å²) >= 11 is 0. The highest BCUT2D eigenvalue weighted by atomic mass is 16.9. The van der Waals surface area contributed by atoms with Crippen molar-refractivity contribution in [1.29, 1.82) is 0 Å². The van der Waals surface area contributed by atoms with Gasteiger partial charge in [-0.25, -0.2) is 4.79 Å². The van der Waals surface area contributed by atoms with Gasteiger partial charge in [0, 0.05) is 5.56 Å².